The molecule has 3 aromatic rings. The van der Waals surface area contributed by atoms with E-state index in [1.54, 1.807) is 4.57 Å². The molecule has 2 heterocycles. The van der Waals surface area contributed by atoms with Gasteiger partial charge < -0.3 is 30.4 Å². The van der Waals surface area contributed by atoms with Gasteiger partial charge in [0.05, 0.1) is 21.2 Å². The first-order valence-corrected chi connectivity index (χ1v) is 13.4. The van der Waals surface area contributed by atoms with Crippen molar-refractivity contribution in [2.24, 2.45) is 5.73 Å². The minimum atomic E-state index is -0.800. The van der Waals surface area contributed by atoms with E-state index in [1.165, 1.54) is 24.4 Å². The quantitative estimate of drug-likeness (QED) is 0.375. The highest BCUT2D eigenvalue weighted by Gasteiger charge is 2.41. The average molecular weight is 581 g/mol. The molecule has 0 spiro atoms. The van der Waals surface area contributed by atoms with Crippen molar-refractivity contribution < 1.29 is 23.4 Å². The summed E-state index contributed by atoms with van der Waals surface area (Å²) < 4.78 is 34.9. The number of pyridine rings is 1. The number of piperidine rings is 1. The van der Waals surface area contributed by atoms with Crippen molar-refractivity contribution in [3.05, 3.63) is 74.0 Å². The highest BCUT2D eigenvalue weighted by molar-refractivity contribution is 6.31. The van der Waals surface area contributed by atoms with Gasteiger partial charge in [-0.15, -0.1) is 0 Å². The number of nitrogens with zero attached hydrogens (tertiary/aromatic N) is 2. The maximum absolute atomic E-state index is 14.2. The second-order valence-corrected chi connectivity index (χ2v) is 11.0. The van der Waals surface area contributed by atoms with E-state index >= 15 is 0 Å². The highest BCUT2D eigenvalue weighted by atomic mass is 35.5. The smallest absolute Gasteiger partial charge is 0.256 e. The van der Waals surface area contributed by atoms with Crippen LogP contribution in [0.1, 0.15) is 36.0 Å². The van der Waals surface area contributed by atoms with Crippen LogP contribution in [-0.4, -0.2) is 58.9 Å². The Hall–Kier alpha value is -2.76. The molecule has 39 heavy (non-hydrogen) atoms. The Morgan fingerprint density at radius 3 is 2.51 bits per heavy atom. The second kappa shape index (κ2) is 11.0. The first kappa shape index (κ1) is 27.8. The number of hydrogen-bond acceptors (Lipinski definition) is 6. The monoisotopic (exact) mass is 580 g/mol. The minimum absolute atomic E-state index is 0.00540. The molecule has 0 radical (unpaired) electrons. The Labute approximate surface area is 233 Å². The third-order valence-corrected chi connectivity index (χ3v) is 7.85. The van der Waals surface area contributed by atoms with Crippen LogP contribution < -0.4 is 21.2 Å². The Bertz CT molecular complexity index is 1470. The van der Waals surface area contributed by atoms with Gasteiger partial charge in [-0.05, 0) is 49.9 Å². The molecule has 208 valence electrons. The summed E-state index contributed by atoms with van der Waals surface area (Å²) in [5, 5.41) is 13.2. The second-order valence-electron chi connectivity index (χ2n) is 10.2. The first-order valence-electron chi connectivity index (χ1n) is 12.7. The van der Waals surface area contributed by atoms with Gasteiger partial charge in [-0.3, -0.25) is 9.59 Å². The summed E-state index contributed by atoms with van der Waals surface area (Å²) in [7, 11) is 0. The van der Waals surface area contributed by atoms with Gasteiger partial charge in [-0.2, -0.15) is 0 Å². The molecule has 1 aliphatic heterocycles. The minimum Gasteiger partial charge on any atom is -0.491 e. The largest absolute Gasteiger partial charge is 0.491 e. The molecule has 2 aromatic carbocycles. The summed E-state index contributed by atoms with van der Waals surface area (Å²) in [5.74, 6) is -1.61. The number of aromatic nitrogens is 1. The van der Waals surface area contributed by atoms with E-state index in [1.807, 2.05) is 4.90 Å². The summed E-state index contributed by atoms with van der Waals surface area (Å²) in [5.41, 5.74) is 5.34. The normalized spacial score (nSPS) is 18.2. The molecule has 1 saturated carbocycles. The van der Waals surface area contributed by atoms with Crippen LogP contribution in [0.15, 0.2) is 41.3 Å². The molecule has 12 heteroatoms. The van der Waals surface area contributed by atoms with E-state index < -0.39 is 34.7 Å². The van der Waals surface area contributed by atoms with E-state index in [0.29, 0.717) is 50.8 Å². The van der Waals surface area contributed by atoms with Crippen molar-refractivity contribution in [2.75, 3.05) is 26.2 Å². The van der Waals surface area contributed by atoms with Gasteiger partial charge in [0.25, 0.3) is 5.91 Å². The number of halogens is 4. The van der Waals surface area contributed by atoms with Crippen LogP contribution in [0.2, 0.25) is 10.0 Å². The van der Waals surface area contributed by atoms with Crippen molar-refractivity contribution in [3.8, 4) is 5.75 Å². The molecule has 4 N–H and O–H groups in total. The molecule has 0 unspecified atom stereocenters. The lowest BCUT2D eigenvalue weighted by molar-refractivity contribution is 0.0567. The number of aliphatic hydroxyl groups excluding tert-OH is 1. The Kier molecular flexibility index (Phi) is 7.85. The molecule has 8 nitrogen and oxygen atoms in total. The van der Waals surface area contributed by atoms with Crippen molar-refractivity contribution in [3.63, 3.8) is 0 Å². The number of ether oxygens (including phenoxy) is 1. The molecule has 2 fully saturated rings. The lowest BCUT2D eigenvalue weighted by atomic mass is 10.0. The SMILES string of the molecule is NC1(n2cc(C(=O)NC3CCN(C[C@H](O)COc4ccc(Cl)c(F)c4)CC3)c(=O)c3cc(F)c(Cl)cc32)CC1. The van der Waals surface area contributed by atoms with Crippen LogP contribution in [0.3, 0.4) is 0 Å². The molecule has 1 aliphatic carbocycles. The van der Waals surface area contributed by atoms with Crippen LogP contribution >= 0.6 is 23.2 Å². The van der Waals surface area contributed by atoms with Crippen LogP contribution in [0.4, 0.5) is 8.78 Å². The topological polar surface area (TPSA) is 110 Å². The van der Waals surface area contributed by atoms with E-state index in [9.17, 15) is 23.5 Å². The van der Waals surface area contributed by atoms with Crippen molar-refractivity contribution >= 4 is 40.0 Å². The van der Waals surface area contributed by atoms with Crippen LogP contribution in [-0.2, 0) is 5.66 Å². The number of nitrogens with two attached hydrogens (primary N) is 1. The fourth-order valence-corrected chi connectivity index (χ4v) is 5.13. The maximum Gasteiger partial charge on any atom is 0.256 e. The van der Waals surface area contributed by atoms with E-state index in [-0.39, 0.29) is 39.4 Å². The van der Waals surface area contributed by atoms with Gasteiger partial charge >= 0.3 is 0 Å². The molecule has 0 bridgehead atoms. The molecule has 1 amide bonds. The zero-order valence-electron chi connectivity index (χ0n) is 20.9. The lowest BCUT2D eigenvalue weighted by Crippen LogP contribution is -2.47. The number of carbonyl (C=O) groups excluding carboxylic acids is 1. The van der Waals surface area contributed by atoms with Gasteiger partial charge in [0.1, 0.15) is 35.7 Å². The number of likely N-dealkylation sites (tertiary alicyclic amines) is 1. The van der Waals surface area contributed by atoms with Crippen LogP contribution in [0.25, 0.3) is 10.9 Å². The van der Waals surface area contributed by atoms with Gasteiger partial charge in [-0.1, -0.05) is 23.2 Å². The summed E-state index contributed by atoms with van der Waals surface area (Å²) in [6, 6.07) is 6.31. The third-order valence-electron chi connectivity index (χ3n) is 7.26. The lowest BCUT2D eigenvalue weighted by Gasteiger charge is -2.33. The van der Waals surface area contributed by atoms with Crippen molar-refractivity contribution in [1.29, 1.82) is 0 Å². The summed E-state index contributed by atoms with van der Waals surface area (Å²) in [6.45, 7) is 1.55. The predicted octanol–water partition coefficient (Wildman–Crippen LogP) is 3.63. The number of fused-ring (bicyclic) bond motifs is 1. The summed E-state index contributed by atoms with van der Waals surface area (Å²) in [4.78, 5) is 28.4. The van der Waals surface area contributed by atoms with Crippen LogP contribution in [0.5, 0.6) is 5.75 Å². The van der Waals surface area contributed by atoms with Crippen molar-refractivity contribution in [1.82, 2.24) is 14.8 Å². The standard InChI is InChI=1S/C27H28Cl2F2N4O4/c28-20-2-1-17(9-22(20)30)39-14-16(36)12-34-7-3-15(4-8-34)33-26(38)19-13-35(27(32)5-6-27)24-11-21(29)23(31)10-18(24)25(19)37/h1-2,9-11,13,15-16,36H,3-8,12,14,32H2,(H,33,38)/t16-/m0/s1. The average Bonchev–Trinajstić information content (AvgIpc) is 3.65. The zero-order chi connectivity index (χ0) is 27.9. The number of β-amino-alcohol motifs (C(OH)–C–C–N with tert-alkyl or cyclic N) is 1. The zero-order valence-corrected chi connectivity index (χ0v) is 22.4. The summed E-state index contributed by atoms with van der Waals surface area (Å²) >= 11 is 11.6. The van der Waals surface area contributed by atoms with Crippen LogP contribution in [0, 0.1) is 11.6 Å². The Morgan fingerprint density at radius 1 is 1.15 bits per heavy atom. The number of nitrogens with one attached hydrogen (secondary N) is 1. The number of aliphatic hydroxyl groups is 1. The maximum atomic E-state index is 14.2. The van der Waals surface area contributed by atoms with E-state index in [2.05, 4.69) is 5.32 Å². The van der Waals surface area contributed by atoms with Crippen molar-refractivity contribution in [2.45, 2.75) is 43.5 Å². The van der Waals surface area contributed by atoms with Gasteiger partial charge in [0.2, 0.25) is 5.43 Å². The van der Waals surface area contributed by atoms with Gasteiger partial charge in [0.15, 0.2) is 0 Å². The molecule has 2 aliphatic rings. The highest BCUT2D eigenvalue weighted by Crippen LogP contribution is 2.40. The fraction of sp³-hybridized carbons (Fsp3) is 0.407. The molecule has 5 rings (SSSR count). The predicted molar refractivity (Wildman–Crippen MR) is 144 cm³/mol. The molecular weight excluding hydrogens is 553 g/mol. The Balaban J connectivity index is 1.19. The van der Waals surface area contributed by atoms with Gasteiger partial charge in [-0.25, -0.2) is 8.78 Å². The van der Waals surface area contributed by atoms with Gasteiger partial charge in [0, 0.05) is 43.3 Å². The number of carbonyl (C=O) groups is 1. The number of amides is 1. The first-order chi connectivity index (χ1) is 18.5. The third kappa shape index (κ3) is 6.05. The fourth-order valence-electron chi connectivity index (χ4n) is 4.85. The molecule has 1 atom stereocenters. The van der Waals surface area contributed by atoms with E-state index in [0.717, 1.165) is 12.1 Å². The molecule has 1 saturated heterocycles. The summed E-state index contributed by atoms with van der Waals surface area (Å²) in [6.07, 6.45) is 3.17. The molecule has 1 aromatic heterocycles. The number of hydrogen-bond donors (Lipinski definition) is 3. The van der Waals surface area contributed by atoms with E-state index in [4.69, 9.17) is 33.7 Å². The Morgan fingerprint density at radius 2 is 1.85 bits per heavy atom. The number of rotatable bonds is 8. The molecular formula is C27H28Cl2F2N4O4. The number of benzene rings is 2.